The average molecular weight is 423 g/mol. The second kappa shape index (κ2) is 10.5. The van der Waals surface area contributed by atoms with E-state index >= 15 is 0 Å². The number of rotatable bonds is 8. The van der Waals surface area contributed by atoms with Crippen LogP contribution < -0.4 is 14.9 Å². The second-order valence-corrected chi connectivity index (χ2v) is 6.98. The molecule has 0 unspecified atom stereocenters. The summed E-state index contributed by atoms with van der Waals surface area (Å²) < 4.78 is 11.6. The minimum absolute atomic E-state index is 0.332. The first-order chi connectivity index (χ1) is 14.6. The maximum atomic E-state index is 12.2. The van der Waals surface area contributed by atoms with Gasteiger partial charge in [0.1, 0.15) is 6.61 Å². The predicted octanol–water partition coefficient (Wildman–Crippen LogP) is 5.39. The minimum atomic E-state index is -0.332. The molecular formula is C24H23ClN2O3. The van der Waals surface area contributed by atoms with Gasteiger partial charge in [0.15, 0.2) is 11.5 Å². The van der Waals surface area contributed by atoms with Gasteiger partial charge in [0.25, 0.3) is 5.91 Å². The molecule has 0 fully saturated rings. The van der Waals surface area contributed by atoms with Crippen LogP contribution in [0, 0.1) is 6.92 Å². The molecule has 154 valence electrons. The smallest absolute Gasteiger partial charge is 0.271 e. The molecule has 1 amide bonds. The van der Waals surface area contributed by atoms with Crippen LogP contribution in [0.2, 0.25) is 5.02 Å². The SMILES string of the molecule is CCOc1cc(/C=N\NC(=O)c2ccc(C)c(Cl)c2)ccc1OCc1ccccc1. The van der Waals surface area contributed by atoms with Gasteiger partial charge in [-0.15, -0.1) is 0 Å². The molecule has 0 aromatic heterocycles. The van der Waals surface area contributed by atoms with Crippen molar-refractivity contribution in [1.29, 1.82) is 0 Å². The van der Waals surface area contributed by atoms with E-state index in [9.17, 15) is 4.79 Å². The first kappa shape index (κ1) is 21.4. The van der Waals surface area contributed by atoms with Gasteiger partial charge in [-0.25, -0.2) is 5.43 Å². The zero-order chi connectivity index (χ0) is 21.3. The van der Waals surface area contributed by atoms with E-state index in [1.54, 1.807) is 24.4 Å². The summed E-state index contributed by atoms with van der Waals surface area (Å²) in [7, 11) is 0. The maximum Gasteiger partial charge on any atom is 0.271 e. The Bertz CT molecular complexity index is 1040. The Hall–Kier alpha value is -3.31. The van der Waals surface area contributed by atoms with E-state index in [-0.39, 0.29) is 5.91 Å². The van der Waals surface area contributed by atoms with Gasteiger partial charge in [0.05, 0.1) is 12.8 Å². The van der Waals surface area contributed by atoms with Crippen LogP contribution in [-0.2, 0) is 6.61 Å². The lowest BCUT2D eigenvalue weighted by atomic mass is 10.1. The summed E-state index contributed by atoms with van der Waals surface area (Å²) >= 11 is 6.07. The molecule has 5 nitrogen and oxygen atoms in total. The molecule has 3 aromatic rings. The maximum absolute atomic E-state index is 12.2. The third kappa shape index (κ3) is 5.84. The van der Waals surface area contributed by atoms with E-state index < -0.39 is 0 Å². The number of hydrogen-bond donors (Lipinski definition) is 1. The number of benzene rings is 3. The molecule has 3 aromatic carbocycles. The van der Waals surface area contributed by atoms with E-state index in [0.717, 1.165) is 16.7 Å². The first-order valence-electron chi connectivity index (χ1n) is 9.60. The number of ether oxygens (including phenoxy) is 2. The van der Waals surface area contributed by atoms with Crippen LogP contribution in [0.4, 0.5) is 0 Å². The Labute approximate surface area is 181 Å². The van der Waals surface area contributed by atoms with Gasteiger partial charge in [-0.2, -0.15) is 5.10 Å². The second-order valence-electron chi connectivity index (χ2n) is 6.58. The van der Waals surface area contributed by atoms with E-state index in [2.05, 4.69) is 10.5 Å². The Morgan fingerprint density at radius 2 is 1.83 bits per heavy atom. The van der Waals surface area contributed by atoms with Crippen LogP contribution in [0.15, 0.2) is 71.8 Å². The number of nitrogens with zero attached hydrogens (tertiary/aromatic N) is 1. The highest BCUT2D eigenvalue weighted by molar-refractivity contribution is 6.31. The van der Waals surface area contributed by atoms with Gasteiger partial charge < -0.3 is 9.47 Å². The standard InChI is InChI=1S/C24H23ClN2O3/c1-3-29-23-13-19(10-12-22(23)30-16-18-7-5-4-6-8-18)15-26-27-24(28)20-11-9-17(2)21(25)14-20/h4-15H,3,16H2,1-2H3,(H,27,28)/b26-15-. The van der Waals surface area contributed by atoms with Crippen molar-refractivity contribution in [3.63, 3.8) is 0 Å². The summed E-state index contributed by atoms with van der Waals surface area (Å²) in [5, 5.41) is 4.57. The number of hydrazone groups is 1. The summed E-state index contributed by atoms with van der Waals surface area (Å²) in [5.74, 6) is 0.936. The van der Waals surface area contributed by atoms with Crippen LogP contribution in [0.5, 0.6) is 11.5 Å². The Balaban J connectivity index is 1.65. The fourth-order valence-electron chi connectivity index (χ4n) is 2.69. The lowest BCUT2D eigenvalue weighted by molar-refractivity contribution is 0.0955. The number of amides is 1. The zero-order valence-electron chi connectivity index (χ0n) is 16.9. The Morgan fingerprint density at radius 1 is 1.03 bits per heavy atom. The zero-order valence-corrected chi connectivity index (χ0v) is 17.6. The molecule has 30 heavy (non-hydrogen) atoms. The molecule has 0 aliphatic rings. The topological polar surface area (TPSA) is 59.9 Å². The van der Waals surface area contributed by atoms with Crippen molar-refractivity contribution in [2.24, 2.45) is 5.10 Å². The summed E-state index contributed by atoms with van der Waals surface area (Å²) in [6.45, 7) is 4.75. The molecular weight excluding hydrogens is 400 g/mol. The summed E-state index contributed by atoms with van der Waals surface area (Å²) in [5.41, 5.74) is 5.71. The molecule has 0 spiro atoms. The molecule has 0 radical (unpaired) electrons. The third-order valence-corrected chi connectivity index (χ3v) is 4.73. The van der Waals surface area contributed by atoms with Gasteiger partial charge in [-0.3, -0.25) is 4.79 Å². The monoisotopic (exact) mass is 422 g/mol. The largest absolute Gasteiger partial charge is 0.490 e. The van der Waals surface area contributed by atoms with Crippen molar-refractivity contribution < 1.29 is 14.3 Å². The molecule has 1 N–H and O–H groups in total. The van der Waals surface area contributed by atoms with E-state index in [4.69, 9.17) is 21.1 Å². The van der Waals surface area contributed by atoms with E-state index in [0.29, 0.717) is 35.3 Å². The van der Waals surface area contributed by atoms with Crippen LogP contribution in [0.3, 0.4) is 0 Å². The lowest BCUT2D eigenvalue weighted by Gasteiger charge is -2.12. The van der Waals surface area contributed by atoms with Crippen molar-refractivity contribution in [2.45, 2.75) is 20.5 Å². The van der Waals surface area contributed by atoms with Crippen molar-refractivity contribution in [2.75, 3.05) is 6.61 Å². The van der Waals surface area contributed by atoms with Crippen molar-refractivity contribution in [3.8, 4) is 11.5 Å². The fraction of sp³-hybridized carbons (Fsp3) is 0.167. The van der Waals surface area contributed by atoms with Crippen LogP contribution in [-0.4, -0.2) is 18.7 Å². The number of carbonyl (C=O) groups excluding carboxylic acids is 1. The highest BCUT2D eigenvalue weighted by Crippen LogP contribution is 2.29. The predicted molar refractivity (Wildman–Crippen MR) is 120 cm³/mol. The van der Waals surface area contributed by atoms with Crippen molar-refractivity contribution in [1.82, 2.24) is 5.43 Å². The first-order valence-corrected chi connectivity index (χ1v) is 9.97. The minimum Gasteiger partial charge on any atom is -0.490 e. The molecule has 0 saturated carbocycles. The van der Waals surface area contributed by atoms with E-state index in [1.807, 2.05) is 62.4 Å². The quantitative estimate of drug-likeness (QED) is 0.391. The molecule has 3 rings (SSSR count). The highest BCUT2D eigenvalue weighted by Gasteiger charge is 2.08. The molecule has 0 aliphatic heterocycles. The van der Waals surface area contributed by atoms with Gasteiger partial charge in [0, 0.05) is 10.6 Å². The fourth-order valence-corrected chi connectivity index (χ4v) is 2.87. The van der Waals surface area contributed by atoms with E-state index in [1.165, 1.54) is 0 Å². The van der Waals surface area contributed by atoms with Gasteiger partial charge >= 0.3 is 0 Å². The van der Waals surface area contributed by atoms with Crippen molar-refractivity contribution >= 4 is 23.7 Å². The molecule has 0 heterocycles. The summed E-state index contributed by atoms with van der Waals surface area (Å²) in [6, 6.07) is 20.5. The van der Waals surface area contributed by atoms with Crippen LogP contribution in [0.1, 0.15) is 34.0 Å². The normalized spacial score (nSPS) is 10.8. The molecule has 0 saturated heterocycles. The number of nitrogens with one attached hydrogen (secondary N) is 1. The summed E-state index contributed by atoms with van der Waals surface area (Å²) in [4.78, 5) is 12.2. The average Bonchev–Trinajstić information content (AvgIpc) is 2.76. The number of halogens is 1. The Morgan fingerprint density at radius 3 is 2.57 bits per heavy atom. The number of carbonyl (C=O) groups is 1. The number of aryl methyl sites for hydroxylation is 1. The van der Waals surface area contributed by atoms with Crippen LogP contribution >= 0.6 is 11.6 Å². The van der Waals surface area contributed by atoms with Crippen LogP contribution in [0.25, 0.3) is 0 Å². The third-order valence-electron chi connectivity index (χ3n) is 4.32. The molecule has 0 bridgehead atoms. The Kier molecular flexibility index (Phi) is 7.46. The van der Waals surface area contributed by atoms with Gasteiger partial charge in [-0.05, 0) is 60.9 Å². The van der Waals surface area contributed by atoms with Gasteiger partial charge in [-0.1, -0.05) is 48.0 Å². The lowest BCUT2D eigenvalue weighted by Crippen LogP contribution is -2.17. The highest BCUT2D eigenvalue weighted by atomic mass is 35.5. The summed E-state index contributed by atoms with van der Waals surface area (Å²) in [6.07, 6.45) is 1.55. The molecule has 6 heteroatoms. The molecule has 0 atom stereocenters. The van der Waals surface area contributed by atoms with Gasteiger partial charge in [0.2, 0.25) is 0 Å². The molecule has 0 aliphatic carbocycles. The number of hydrogen-bond acceptors (Lipinski definition) is 4. The van der Waals surface area contributed by atoms with Crippen molar-refractivity contribution in [3.05, 3.63) is 94.0 Å².